The lowest BCUT2D eigenvalue weighted by atomic mass is 10.1. The topological polar surface area (TPSA) is 66.1 Å². The van der Waals surface area contributed by atoms with E-state index >= 15 is 0 Å². The average Bonchev–Trinajstić information content (AvgIpc) is 3.34. The van der Waals surface area contributed by atoms with E-state index in [0.29, 0.717) is 0 Å². The van der Waals surface area contributed by atoms with E-state index in [1.807, 2.05) is 19.2 Å². The zero-order valence-corrected chi connectivity index (χ0v) is 15.1. The molecule has 0 aliphatic carbocycles. The Kier molecular flexibility index (Phi) is 3.90. The van der Waals surface area contributed by atoms with Crippen molar-refractivity contribution >= 4 is 0 Å². The van der Waals surface area contributed by atoms with Gasteiger partial charge in [-0.25, -0.2) is 0 Å². The van der Waals surface area contributed by atoms with Crippen LogP contribution in [0, 0.1) is 6.92 Å². The lowest BCUT2D eigenvalue weighted by Gasteiger charge is -2.26. The normalized spacial score (nSPS) is 18.0. The van der Waals surface area contributed by atoms with E-state index in [1.165, 1.54) is 22.6 Å². The van der Waals surface area contributed by atoms with Crippen molar-refractivity contribution in [2.24, 2.45) is 0 Å². The fourth-order valence-electron chi connectivity index (χ4n) is 4.03. The van der Waals surface area contributed by atoms with E-state index in [9.17, 15) is 0 Å². The second kappa shape index (κ2) is 6.41. The standard InChI is InChI=1S/C19H24N6O/c1-14-2-3-18(26-14)13-24-6-7-25-17(12-24)8-16(22-25)11-23-5-4-19-15(10-23)9-20-21-19/h2-3,8-9H,4-7,10-13H2,1H3,(H,20,21). The Balaban J connectivity index is 1.24. The highest BCUT2D eigenvalue weighted by Gasteiger charge is 2.22. The zero-order chi connectivity index (χ0) is 17.5. The molecule has 3 aromatic heterocycles. The number of rotatable bonds is 4. The van der Waals surface area contributed by atoms with Crippen LogP contribution >= 0.6 is 0 Å². The molecule has 0 saturated heterocycles. The van der Waals surface area contributed by atoms with Crippen molar-refractivity contribution in [1.82, 2.24) is 29.8 Å². The van der Waals surface area contributed by atoms with Gasteiger partial charge in [0.25, 0.3) is 0 Å². The van der Waals surface area contributed by atoms with Gasteiger partial charge in [-0.3, -0.25) is 19.6 Å². The minimum atomic E-state index is 0.865. The summed E-state index contributed by atoms with van der Waals surface area (Å²) in [5.41, 5.74) is 5.08. The van der Waals surface area contributed by atoms with Crippen molar-refractivity contribution < 1.29 is 4.42 Å². The Bertz CT molecular complexity index is 907. The van der Waals surface area contributed by atoms with Crippen LogP contribution < -0.4 is 0 Å². The molecule has 7 heteroatoms. The summed E-state index contributed by atoms with van der Waals surface area (Å²) in [4.78, 5) is 4.88. The van der Waals surface area contributed by atoms with Gasteiger partial charge in [0.2, 0.25) is 0 Å². The number of furan rings is 1. The molecule has 5 heterocycles. The Hall–Kier alpha value is -2.38. The highest BCUT2D eigenvalue weighted by atomic mass is 16.3. The van der Waals surface area contributed by atoms with Crippen LogP contribution in [0.5, 0.6) is 0 Å². The van der Waals surface area contributed by atoms with Crippen LogP contribution in [0.3, 0.4) is 0 Å². The molecule has 1 N–H and O–H groups in total. The molecule has 7 nitrogen and oxygen atoms in total. The van der Waals surface area contributed by atoms with Crippen LogP contribution in [-0.2, 0) is 39.1 Å². The van der Waals surface area contributed by atoms with Gasteiger partial charge in [0.15, 0.2) is 0 Å². The molecule has 0 fully saturated rings. The molecule has 0 radical (unpaired) electrons. The first-order valence-corrected chi connectivity index (χ1v) is 9.30. The lowest BCUT2D eigenvalue weighted by molar-refractivity contribution is 0.189. The highest BCUT2D eigenvalue weighted by Crippen LogP contribution is 2.21. The quantitative estimate of drug-likeness (QED) is 0.779. The molecule has 0 aromatic carbocycles. The number of hydrogen-bond donors (Lipinski definition) is 1. The van der Waals surface area contributed by atoms with Gasteiger partial charge in [0, 0.05) is 50.4 Å². The summed E-state index contributed by atoms with van der Waals surface area (Å²) in [5.74, 6) is 2.02. The summed E-state index contributed by atoms with van der Waals surface area (Å²) in [6, 6.07) is 6.38. The number of aromatic nitrogens is 4. The van der Waals surface area contributed by atoms with Gasteiger partial charge >= 0.3 is 0 Å². The molecule has 3 aromatic rings. The zero-order valence-electron chi connectivity index (χ0n) is 15.1. The SMILES string of the molecule is Cc1ccc(CN2CCn3nc(CN4CCc5[nH]ncc5C4)cc3C2)o1. The Labute approximate surface area is 152 Å². The van der Waals surface area contributed by atoms with Crippen molar-refractivity contribution in [3.8, 4) is 0 Å². The largest absolute Gasteiger partial charge is 0.465 e. The molecule has 2 aliphatic rings. The van der Waals surface area contributed by atoms with Crippen LogP contribution in [0.2, 0.25) is 0 Å². The molecular weight excluding hydrogens is 328 g/mol. The van der Waals surface area contributed by atoms with Gasteiger partial charge in [0.1, 0.15) is 11.5 Å². The van der Waals surface area contributed by atoms with E-state index in [4.69, 9.17) is 9.52 Å². The van der Waals surface area contributed by atoms with E-state index in [0.717, 1.165) is 63.8 Å². The third-order valence-electron chi connectivity index (χ3n) is 5.37. The summed E-state index contributed by atoms with van der Waals surface area (Å²) in [6.45, 7) is 8.66. The Morgan fingerprint density at radius 1 is 1.12 bits per heavy atom. The average molecular weight is 352 g/mol. The number of nitrogens with one attached hydrogen (secondary N) is 1. The number of aromatic amines is 1. The van der Waals surface area contributed by atoms with Gasteiger partial charge in [-0.05, 0) is 25.1 Å². The molecular formula is C19H24N6O. The lowest BCUT2D eigenvalue weighted by Crippen LogP contribution is -2.33. The van der Waals surface area contributed by atoms with Gasteiger partial charge in [-0.1, -0.05) is 0 Å². The van der Waals surface area contributed by atoms with Gasteiger partial charge in [-0.15, -0.1) is 0 Å². The molecule has 0 atom stereocenters. The number of aryl methyl sites for hydroxylation is 1. The van der Waals surface area contributed by atoms with Crippen LogP contribution in [0.25, 0.3) is 0 Å². The fourth-order valence-corrected chi connectivity index (χ4v) is 4.03. The molecule has 0 saturated carbocycles. The summed E-state index contributed by atoms with van der Waals surface area (Å²) >= 11 is 0. The van der Waals surface area contributed by atoms with Crippen molar-refractivity contribution in [1.29, 1.82) is 0 Å². The minimum Gasteiger partial charge on any atom is -0.465 e. The molecule has 0 spiro atoms. The second-order valence-electron chi connectivity index (χ2n) is 7.41. The minimum absolute atomic E-state index is 0.865. The van der Waals surface area contributed by atoms with E-state index in [1.54, 1.807) is 0 Å². The maximum absolute atomic E-state index is 5.72. The Morgan fingerprint density at radius 3 is 2.92 bits per heavy atom. The van der Waals surface area contributed by atoms with Gasteiger partial charge in [0.05, 0.1) is 30.7 Å². The maximum atomic E-state index is 5.72. The van der Waals surface area contributed by atoms with Crippen LogP contribution in [0.1, 0.15) is 34.2 Å². The second-order valence-corrected chi connectivity index (χ2v) is 7.41. The van der Waals surface area contributed by atoms with Gasteiger partial charge in [-0.2, -0.15) is 10.2 Å². The van der Waals surface area contributed by atoms with Gasteiger partial charge < -0.3 is 4.42 Å². The smallest absolute Gasteiger partial charge is 0.118 e. The molecule has 5 rings (SSSR count). The van der Waals surface area contributed by atoms with Crippen LogP contribution in [-0.4, -0.2) is 42.9 Å². The predicted octanol–water partition coefficient (Wildman–Crippen LogP) is 2.08. The maximum Gasteiger partial charge on any atom is 0.118 e. The monoisotopic (exact) mass is 352 g/mol. The Morgan fingerprint density at radius 2 is 2.04 bits per heavy atom. The number of nitrogens with zero attached hydrogens (tertiary/aromatic N) is 5. The number of hydrogen-bond acceptors (Lipinski definition) is 5. The third kappa shape index (κ3) is 3.08. The van der Waals surface area contributed by atoms with E-state index in [2.05, 4.69) is 36.8 Å². The highest BCUT2D eigenvalue weighted by molar-refractivity contribution is 5.20. The first-order chi connectivity index (χ1) is 12.7. The molecule has 136 valence electrons. The van der Waals surface area contributed by atoms with Crippen molar-refractivity contribution in [3.05, 3.63) is 58.6 Å². The first-order valence-electron chi connectivity index (χ1n) is 9.30. The van der Waals surface area contributed by atoms with Crippen molar-refractivity contribution in [2.45, 2.75) is 46.1 Å². The van der Waals surface area contributed by atoms with Crippen LogP contribution in [0.15, 0.2) is 28.8 Å². The summed E-state index contributed by atoms with van der Waals surface area (Å²) in [7, 11) is 0. The van der Waals surface area contributed by atoms with Crippen LogP contribution in [0.4, 0.5) is 0 Å². The number of fused-ring (bicyclic) bond motifs is 2. The molecule has 0 bridgehead atoms. The number of H-pyrrole nitrogens is 1. The third-order valence-corrected chi connectivity index (χ3v) is 5.37. The molecule has 2 aliphatic heterocycles. The molecule has 26 heavy (non-hydrogen) atoms. The first kappa shape index (κ1) is 15.8. The fraction of sp³-hybridized carbons (Fsp3) is 0.474. The summed E-state index contributed by atoms with van der Waals surface area (Å²) < 4.78 is 7.90. The van der Waals surface area contributed by atoms with Crippen molar-refractivity contribution in [3.63, 3.8) is 0 Å². The summed E-state index contributed by atoms with van der Waals surface area (Å²) in [6.07, 6.45) is 2.99. The predicted molar refractivity (Wildman–Crippen MR) is 96.2 cm³/mol. The molecule has 0 unspecified atom stereocenters. The molecule has 0 amide bonds. The van der Waals surface area contributed by atoms with E-state index < -0.39 is 0 Å². The summed E-state index contributed by atoms with van der Waals surface area (Å²) in [5, 5.41) is 12.1. The van der Waals surface area contributed by atoms with E-state index in [-0.39, 0.29) is 0 Å². The van der Waals surface area contributed by atoms with Crippen molar-refractivity contribution in [2.75, 3.05) is 13.1 Å².